The Labute approximate surface area is 174 Å². The maximum absolute atomic E-state index is 12.6. The number of anilines is 1. The van der Waals surface area contributed by atoms with Crippen LogP contribution >= 0.6 is 0 Å². The van der Waals surface area contributed by atoms with E-state index in [2.05, 4.69) is 10.6 Å². The second-order valence-electron chi connectivity index (χ2n) is 7.13. The number of hydrogen-bond acceptors (Lipinski definition) is 6. The fourth-order valence-corrected chi connectivity index (χ4v) is 4.24. The number of hydrogen-bond donors (Lipinski definition) is 2. The van der Waals surface area contributed by atoms with Gasteiger partial charge in [0.1, 0.15) is 6.04 Å². The quantitative estimate of drug-likeness (QED) is 0.730. The molecule has 0 aliphatic carbocycles. The largest absolute Gasteiger partial charge is 0.459 e. The molecule has 1 aliphatic rings. The highest BCUT2D eigenvalue weighted by Crippen LogP contribution is 2.18. The van der Waals surface area contributed by atoms with Gasteiger partial charge in [-0.1, -0.05) is 6.07 Å². The van der Waals surface area contributed by atoms with Crippen molar-refractivity contribution < 1.29 is 27.2 Å². The fraction of sp³-hybridized carbons (Fsp3) is 0.350. The van der Waals surface area contributed by atoms with Gasteiger partial charge in [-0.05, 0) is 43.7 Å². The second kappa shape index (κ2) is 8.70. The van der Waals surface area contributed by atoms with Crippen molar-refractivity contribution in [3.63, 3.8) is 0 Å². The number of carbonyl (C=O) groups is 3. The SMILES string of the molecule is Cc1ccc(C(=O)NC(C)C(=O)N2CCS(=O)(=O)CC2)cc1NC(=O)c1ccco1. The Kier molecular flexibility index (Phi) is 6.25. The molecule has 2 aromatic rings. The Balaban J connectivity index is 1.65. The zero-order chi connectivity index (χ0) is 21.9. The average Bonchev–Trinajstić information content (AvgIpc) is 3.24. The highest BCUT2D eigenvalue weighted by atomic mass is 32.2. The summed E-state index contributed by atoms with van der Waals surface area (Å²) in [6.45, 7) is 3.58. The maximum atomic E-state index is 12.6. The van der Waals surface area contributed by atoms with Gasteiger partial charge in [0.2, 0.25) is 5.91 Å². The van der Waals surface area contributed by atoms with Crippen LogP contribution in [0.4, 0.5) is 5.69 Å². The van der Waals surface area contributed by atoms with E-state index in [4.69, 9.17) is 4.42 Å². The predicted molar refractivity (Wildman–Crippen MR) is 110 cm³/mol. The van der Waals surface area contributed by atoms with Crippen molar-refractivity contribution in [2.45, 2.75) is 19.9 Å². The summed E-state index contributed by atoms with van der Waals surface area (Å²) in [5.74, 6) is -1.26. The summed E-state index contributed by atoms with van der Waals surface area (Å²) in [5, 5.41) is 5.33. The third-order valence-electron chi connectivity index (χ3n) is 4.87. The molecule has 3 rings (SSSR count). The Bertz CT molecular complexity index is 1050. The lowest BCUT2D eigenvalue weighted by molar-refractivity contribution is -0.132. The van der Waals surface area contributed by atoms with Crippen LogP contribution in [0.25, 0.3) is 0 Å². The first-order valence-corrected chi connectivity index (χ1v) is 11.2. The van der Waals surface area contributed by atoms with Crippen molar-refractivity contribution in [1.29, 1.82) is 0 Å². The van der Waals surface area contributed by atoms with E-state index in [-0.39, 0.29) is 41.8 Å². The summed E-state index contributed by atoms with van der Waals surface area (Å²) >= 11 is 0. The number of rotatable bonds is 5. The molecule has 9 nitrogen and oxygen atoms in total. The molecule has 0 saturated carbocycles. The maximum Gasteiger partial charge on any atom is 0.291 e. The van der Waals surface area contributed by atoms with Gasteiger partial charge < -0.3 is 20.0 Å². The number of sulfone groups is 1. The molecule has 1 fully saturated rings. The minimum atomic E-state index is -3.10. The number of carbonyl (C=O) groups excluding carboxylic acids is 3. The fourth-order valence-electron chi connectivity index (χ4n) is 3.04. The number of aryl methyl sites for hydroxylation is 1. The molecule has 0 bridgehead atoms. The van der Waals surface area contributed by atoms with Gasteiger partial charge in [-0.2, -0.15) is 0 Å². The molecule has 0 spiro atoms. The zero-order valence-corrected chi connectivity index (χ0v) is 17.5. The van der Waals surface area contributed by atoms with Gasteiger partial charge in [0.05, 0.1) is 17.8 Å². The lowest BCUT2D eigenvalue weighted by Crippen LogP contribution is -2.51. The van der Waals surface area contributed by atoms with Crippen molar-refractivity contribution in [2.24, 2.45) is 0 Å². The average molecular weight is 433 g/mol. The molecular formula is C20H23N3O6S. The van der Waals surface area contributed by atoms with Gasteiger partial charge >= 0.3 is 0 Å². The molecule has 1 aromatic heterocycles. The highest BCUT2D eigenvalue weighted by Gasteiger charge is 2.28. The molecule has 1 aliphatic heterocycles. The molecule has 10 heteroatoms. The van der Waals surface area contributed by atoms with Crippen LogP contribution in [0.2, 0.25) is 0 Å². The Morgan fingerprint density at radius 3 is 2.43 bits per heavy atom. The summed E-state index contributed by atoms with van der Waals surface area (Å²) < 4.78 is 28.1. The Morgan fingerprint density at radius 2 is 1.80 bits per heavy atom. The molecule has 1 atom stereocenters. The third-order valence-corrected chi connectivity index (χ3v) is 6.48. The van der Waals surface area contributed by atoms with E-state index >= 15 is 0 Å². The summed E-state index contributed by atoms with van der Waals surface area (Å²) in [4.78, 5) is 38.8. The van der Waals surface area contributed by atoms with Crippen LogP contribution < -0.4 is 10.6 Å². The van der Waals surface area contributed by atoms with Crippen LogP contribution in [0.3, 0.4) is 0 Å². The molecule has 2 N–H and O–H groups in total. The van der Waals surface area contributed by atoms with E-state index < -0.39 is 27.7 Å². The van der Waals surface area contributed by atoms with Crippen LogP contribution in [0.15, 0.2) is 41.0 Å². The first-order valence-electron chi connectivity index (χ1n) is 9.42. The standard InChI is InChI=1S/C20H23N3O6S/c1-13-5-6-15(12-16(13)22-19(25)17-4-3-9-29-17)18(24)21-14(2)20(26)23-7-10-30(27,28)11-8-23/h3-6,9,12,14H,7-8,10-11H2,1-2H3,(H,21,24)(H,22,25). The van der Waals surface area contributed by atoms with Crippen LogP contribution in [0.5, 0.6) is 0 Å². The van der Waals surface area contributed by atoms with Gasteiger partial charge in [-0.15, -0.1) is 0 Å². The summed E-state index contributed by atoms with van der Waals surface area (Å²) in [5.41, 5.74) is 1.48. The highest BCUT2D eigenvalue weighted by molar-refractivity contribution is 7.91. The summed E-state index contributed by atoms with van der Waals surface area (Å²) in [6, 6.07) is 7.12. The van der Waals surface area contributed by atoms with Crippen molar-refractivity contribution >= 4 is 33.2 Å². The smallest absolute Gasteiger partial charge is 0.291 e. The van der Waals surface area contributed by atoms with E-state index in [0.717, 1.165) is 5.56 Å². The first-order chi connectivity index (χ1) is 14.2. The van der Waals surface area contributed by atoms with E-state index in [1.807, 2.05) is 0 Å². The Morgan fingerprint density at radius 1 is 1.10 bits per heavy atom. The van der Waals surface area contributed by atoms with E-state index in [1.165, 1.54) is 23.3 Å². The van der Waals surface area contributed by atoms with E-state index in [9.17, 15) is 22.8 Å². The minimum Gasteiger partial charge on any atom is -0.459 e. The number of nitrogens with zero attached hydrogens (tertiary/aromatic N) is 1. The van der Waals surface area contributed by atoms with Gasteiger partial charge in [-0.3, -0.25) is 14.4 Å². The molecular weight excluding hydrogens is 410 g/mol. The number of benzene rings is 1. The number of furan rings is 1. The molecule has 1 saturated heterocycles. The van der Waals surface area contributed by atoms with Crippen LogP contribution in [-0.4, -0.2) is 61.7 Å². The molecule has 0 radical (unpaired) electrons. The monoisotopic (exact) mass is 433 g/mol. The number of amides is 3. The first kappa shape index (κ1) is 21.6. The molecule has 2 heterocycles. The van der Waals surface area contributed by atoms with Crippen LogP contribution in [0.1, 0.15) is 33.4 Å². The minimum absolute atomic E-state index is 0.0733. The van der Waals surface area contributed by atoms with Crippen LogP contribution in [0, 0.1) is 6.92 Å². The van der Waals surface area contributed by atoms with E-state index in [1.54, 1.807) is 32.0 Å². The number of nitrogens with one attached hydrogen (secondary N) is 2. The predicted octanol–water partition coefficient (Wildman–Crippen LogP) is 1.22. The van der Waals surface area contributed by atoms with E-state index in [0.29, 0.717) is 5.69 Å². The normalized spacial score (nSPS) is 16.5. The van der Waals surface area contributed by atoms with Crippen molar-refractivity contribution in [2.75, 3.05) is 29.9 Å². The lowest BCUT2D eigenvalue weighted by Gasteiger charge is -2.29. The molecule has 1 unspecified atom stereocenters. The van der Waals surface area contributed by atoms with Crippen molar-refractivity contribution in [3.8, 4) is 0 Å². The van der Waals surface area contributed by atoms with Crippen molar-refractivity contribution in [3.05, 3.63) is 53.5 Å². The molecule has 30 heavy (non-hydrogen) atoms. The molecule has 160 valence electrons. The zero-order valence-electron chi connectivity index (χ0n) is 16.7. The van der Waals surface area contributed by atoms with Crippen LogP contribution in [-0.2, 0) is 14.6 Å². The summed E-state index contributed by atoms with van der Waals surface area (Å²) in [6.07, 6.45) is 1.39. The topological polar surface area (TPSA) is 126 Å². The molecule has 3 amide bonds. The third kappa shape index (κ3) is 5.07. The van der Waals surface area contributed by atoms with Gasteiger partial charge in [0.15, 0.2) is 15.6 Å². The summed E-state index contributed by atoms with van der Waals surface area (Å²) in [7, 11) is -3.10. The van der Waals surface area contributed by atoms with Gasteiger partial charge in [-0.25, -0.2) is 8.42 Å². The lowest BCUT2D eigenvalue weighted by atomic mass is 10.1. The van der Waals surface area contributed by atoms with Gasteiger partial charge in [0, 0.05) is 24.3 Å². The Hall–Kier alpha value is -3.14. The van der Waals surface area contributed by atoms with Crippen molar-refractivity contribution in [1.82, 2.24) is 10.2 Å². The molecule has 1 aromatic carbocycles. The van der Waals surface area contributed by atoms with Gasteiger partial charge in [0.25, 0.3) is 11.8 Å². The second-order valence-corrected chi connectivity index (χ2v) is 9.44.